The van der Waals surface area contributed by atoms with Gasteiger partial charge in [-0.15, -0.1) is 0 Å². The van der Waals surface area contributed by atoms with Gasteiger partial charge in [-0.2, -0.15) is 0 Å². The van der Waals surface area contributed by atoms with E-state index in [0.717, 1.165) is 37.8 Å². The van der Waals surface area contributed by atoms with Gasteiger partial charge in [0.1, 0.15) is 0 Å². The van der Waals surface area contributed by atoms with Crippen molar-refractivity contribution in [1.29, 1.82) is 0 Å². The Morgan fingerprint density at radius 3 is 3.11 bits per heavy atom. The van der Waals surface area contributed by atoms with E-state index in [2.05, 4.69) is 30.3 Å². The zero-order valence-electron chi connectivity index (χ0n) is 11.7. The maximum atomic E-state index is 6.01. The minimum absolute atomic E-state index is 0.310. The highest BCUT2D eigenvalue weighted by molar-refractivity contribution is 6.30. The van der Waals surface area contributed by atoms with E-state index in [-0.39, 0.29) is 0 Å². The van der Waals surface area contributed by atoms with Gasteiger partial charge in [0.15, 0.2) is 0 Å². The molecule has 4 heteroatoms. The summed E-state index contributed by atoms with van der Waals surface area (Å²) in [6, 6.07) is 8.09. The molecule has 0 spiro atoms. The quantitative estimate of drug-likeness (QED) is 0.897. The topological polar surface area (TPSA) is 24.5 Å². The molecule has 1 heterocycles. The first-order chi connectivity index (χ1) is 9.15. The maximum Gasteiger partial charge on any atom is 0.0826 e. The van der Waals surface area contributed by atoms with Gasteiger partial charge in [-0.05, 0) is 30.7 Å². The Bertz CT molecular complexity index is 399. The molecule has 1 aliphatic heterocycles. The number of hydrogen-bond donors (Lipinski definition) is 1. The van der Waals surface area contributed by atoms with Crippen molar-refractivity contribution in [2.24, 2.45) is 0 Å². The van der Waals surface area contributed by atoms with E-state index in [4.69, 9.17) is 16.3 Å². The Labute approximate surface area is 120 Å². The molecule has 0 unspecified atom stereocenters. The summed E-state index contributed by atoms with van der Waals surface area (Å²) >= 11 is 6.01. The minimum atomic E-state index is 0.310. The number of likely N-dealkylation sites (N-methyl/N-ethyl adjacent to an activating group) is 1. The van der Waals surface area contributed by atoms with Gasteiger partial charge in [0.25, 0.3) is 0 Å². The molecule has 0 aliphatic carbocycles. The molecule has 0 amide bonds. The van der Waals surface area contributed by atoms with Crippen LogP contribution in [-0.4, -0.2) is 50.8 Å². The van der Waals surface area contributed by atoms with Gasteiger partial charge in [0.05, 0.1) is 12.7 Å². The second-order valence-corrected chi connectivity index (χ2v) is 5.81. The average molecular weight is 283 g/mol. The summed E-state index contributed by atoms with van der Waals surface area (Å²) in [7, 11) is 2.14. The van der Waals surface area contributed by atoms with Crippen molar-refractivity contribution < 1.29 is 4.74 Å². The van der Waals surface area contributed by atoms with E-state index in [1.807, 2.05) is 18.2 Å². The van der Waals surface area contributed by atoms with Gasteiger partial charge in [-0.1, -0.05) is 30.7 Å². The molecule has 1 aliphatic rings. The molecular weight excluding hydrogens is 260 g/mol. The van der Waals surface area contributed by atoms with Gasteiger partial charge < -0.3 is 15.0 Å². The molecule has 0 bridgehead atoms. The summed E-state index contributed by atoms with van der Waals surface area (Å²) in [5.41, 5.74) is 1.28. The van der Waals surface area contributed by atoms with Crippen LogP contribution in [0, 0.1) is 0 Å². The van der Waals surface area contributed by atoms with Crippen molar-refractivity contribution in [3.05, 3.63) is 34.9 Å². The smallest absolute Gasteiger partial charge is 0.0826 e. The summed E-state index contributed by atoms with van der Waals surface area (Å²) < 4.78 is 5.73. The molecule has 2 rings (SSSR count). The van der Waals surface area contributed by atoms with Gasteiger partial charge in [0, 0.05) is 31.2 Å². The molecule has 3 nitrogen and oxygen atoms in total. The van der Waals surface area contributed by atoms with Crippen LogP contribution in [0.2, 0.25) is 5.02 Å². The fourth-order valence-electron chi connectivity index (χ4n) is 2.38. The van der Waals surface area contributed by atoms with Gasteiger partial charge in [-0.25, -0.2) is 0 Å². The van der Waals surface area contributed by atoms with Crippen molar-refractivity contribution >= 4 is 11.6 Å². The fraction of sp³-hybridized carbons (Fsp3) is 0.600. The Hall–Kier alpha value is -0.610. The highest BCUT2D eigenvalue weighted by Crippen LogP contribution is 2.18. The first-order valence-electron chi connectivity index (χ1n) is 6.91. The van der Waals surface area contributed by atoms with Crippen LogP contribution in [0.15, 0.2) is 24.3 Å². The molecule has 1 aromatic rings. The SMILES string of the molecule is C[C@H](CNC[C@H]1CN(C)CCO1)c1cccc(Cl)c1. The third-order valence-corrected chi connectivity index (χ3v) is 3.82. The van der Waals surface area contributed by atoms with E-state index in [9.17, 15) is 0 Å². The van der Waals surface area contributed by atoms with Crippen molar-refractivity contribution in [2.75, 3.05) is 39.8 Å². The van der Waals surface area contributed by atoms with Gasteiger partial charge in [0.2, 0.25) is 0 Å². The van der Waals surface area contributed by atoms with Crippen LogP contribution in [0.1, 0.15) is 18.4 Å². The lowest BCUT2D eigenvalue weighted by Gasteiger charge is -2.30. The number of nitrogens with one attached hydrogen (secondary N) is 1. The molecule has 1 fully saturated rings. The van der Waals surface area contributed by atoms with Crippen LogP contribution in [-0.2, 0) is 4.74 Å². The lowest BCUT2D eigenvalue weighted by atomic mass is 10.0. The minimum Gasteiger partial charge on any atom is -0.374 e. The molecule has 19 heavy (non-hydrogen) atoms. The van der Waals surface area contributed by atoms with E-state index >= 15 is 0 Å². The predicted octanol–water partition coefficient (Wildman–Crippen LogP) is 2.36. The predicted molar refractivity (Wildman–Crippen MR) is 80.0 cm³/mol. The van der Waals surface area contributed by atoms with Crippen LogP contribution in [0.4, 0.5) is 0 Å². The van der Waals surface area contributed by atoms with Crippen molar-refractivity contribution in [3.63, 3.8) is 0 Å². The highest BCUT2D eigenvalue weighted by Gasteiger charge is 2.17. The number of nitrogens with zero attached hydrogens (tertiary/aromatic N) is 1. The first kappa shape index (κ1) is 14.8. The maximum absolute atomic E-state index is 6.01. The molecule has 1 aromatic carbocycles. The summed E-state index contributed by atoms with van der Waals surface area (Å²) in [6.45, 7) is 6.96. The molecule has 0 radical (unpaired) electrons. The largest absolute Gasteiger partial charge is 0.374 e. The second-order valence-electron chi connectivity index (χ2n) is 5.37. The zero-order valence-corrected chi connectivity index (χ0v) is 12.5. The summed E-state index contributed by atoms with van der Waals surface area (Å²) in [5.74, 6) is 0.458. The van der Waals surface area contributed by atoms with E-state index in [1.165, 1.54) is 5.56 Å². The van der Waals surface area contributed by atoms with Crippen LogP contribution in [0.3, 0.4) is 0 Å². The molecule has 1 saturated heterocycles. The standard InChI is InChI=1S/C15H23ClN2O/c1-12(13-4-3-5-14(16)8-13)9-17-10-15-11-18(2)6-7-19-15/h3-5,8,12,15,17H,6-7,9-11H2,1-2H3/t12-,15+/m1/s1. The van der Waals surface area contributed by atoms with E-state index in [0.29, 0.717) is 12.0 Å². The summed E-state index contributed by atoms with van der Waals surface area (Å²) in [5, 5.41) is 4.31. The average Bonchev–Trinajstić information content (AvgIpc) is 2.38. The lowest BCUT2D eigenvalue weighted by molar-refractivity contribution is -0.0180. The second kappa shape index (κ2) is 7.25. The summed E-state index contributed by atoms with van der Waals surface area (Å²) in [4.78, 5) is 2.32. The monoisotopic (exact) mass is 282 g/mol. The van der Waals surface area contributed by atoms with Crippen LogP contribution >= 0.6 is 11.6 Å². The Kier molecular flexibility index (Phi) is 5.64. The number of rotatable bonds is 5. The number of halogens is 1. The third kappa shape index (κ3) is 4.77. The molecule has 106 valence electrons. The number of benzene rings is 1. The van der Waals surface area contributed by atoms with Crippen LogP contribution in [0.5, 0.6) is 0 Å². The van der Waals surface area contributed by atoms with Crippen LogP contribution < -0.4 is 5.32 Å². The van der Waals surface area contributed by atoms with Crippen molar-refractivity contribution in [2.45, 2.75) is 18.9 Å². The number of hydrogen-bond acceptors (Lipinski definition) is 3. The fourth-order valence-corrected chi connectivity index (χ4v) is 2.58. The lowest BCUT2D eigenvalue weighted by Crippen LogP contribution is -2.45. The van der Waals surface area contributed by atoms with E-state index in [1.54, 1.807) is 0 Å². The van der Waals surface area contributed by atoms with Crippen molar-refractivity contribution in [1.82, 2.24) is 10.2 Å². The van der Waals surface area contributed by atoms with Crippen molar-refractivity contribution in [3.8, 4) is 0 Å². The first-order valence-corrected chi connectivity index (χ1v) is 7.29. The highest BCUT2D eigenvalue weighted by atomic mass is 35.5. The molecule has 1 N–H and O–H groups in total. The molecule has 0 aromatic heterocycles. The number of ether oxygens (including phenoxy) is 1. The van der Waals surface area contributed by atoms with Crippen LogP contribution in [0.25, 0.3) is 0 Å². The van der Waals surface area contributed by atoms with Gasteiger partial charge >= 0.3 is 0 Å². The Balaban J connectivity index is 1.73. The number of morpholine rings is 1. The molecule has 0 saturated carbocycles. The third-order valence-electron chi connectivity index (χ3n) is 3.58. The van der Waals surface area contributed by atoms with E-state index < -0.39 is 0 Å². The van der Waals surface area contributed by atoms with Gasteiger partial charge in [-0.3, -0.25) is 0 Å². The summed E-state index contributed by atoms with van der Waals surface area (Å²) in [6.07, 6.45) is 0.310. The Morgan fingerprint density at radius 2 is 2.37 bits per heavy atom. The molecule has 2 atom stereocenters. The normalized spacial score (nSPS) is 22.4. The molecular formula is C15H23ClN2O. The Morgan fingerprint density at radius 1 is 1.53 bits per heavy atom. The zero-order chi connectivity index (χ0) is 13.7.